The minimum atomic E-state index is 0.104. The number of aryl methyl sites for hydroxylation is 1. The van der Waals surface area contributed by atoms with Gasteiger partial charge in [0.1, 0.15) is 5.82 Å². The molecule has 2 heterocycles. The first kappa shape index (κ1) is 14.7. The molecule has 1 saturated carbocycles. The quantitative estimate of drug-likeness (QED) is 0.916. The SMILES string of the molecule is C[C@H]1C[C@@H](C(=O)Nc2ccc3c(c2)nc(C2CC2)n3C)CCN1. The van der Waals surface area contributed by atoms with Crippen LogP contribution < -0.4 is 10.6 Å². The van der Waals surface area contributed by atoms with Gasteiger partial charge in [0.05, 0.1) is 11.0 Å². The summed E-state index contributed by atoms with van der Waals surface area (Å²) in [5, 5.41) is 6.47. The van der Waals surface area contributed by atoms with Crippen molar-refractivity contribution in [1.82, 2.24) is 14.9 Å². The van der Waals surface area contributed by atoms with E-state index < -0.39 is 0 Å². The minimum absolute atomic E-state index is 0.104. The smallest absolute Gasteiger partial charge is 0.227 e. The fourth-order valence-electron chi connectivity index (χ4n) is 3.62. The predicted octanol–water partition coefficient (Wildman–Crippen LogP) is 2.78. The van der Waals surface area contributed by atoms with Crippen molar-refractivity contribution in [2.45, 2.75) is 44.6 Å². The number of carbonyl (C=O) groups is 1. The van der Waals surface area contributed by atoms with E-state index >= 15 is 0 Å². The van der Waals surface area contributed by atoms with E-state index in [2.05, 4.69) is 35.2 Å². The number of benzene rings is 1. The molecule has 1 aromatic heterocycles. The van der Waals surface area contributed by atoms with Gasteiger partial charge in [0.25, 0.3) is 0 Å². The van der Waals surface area contributed by atoms with Crippen LogP contribution in [0.1, 0.15) is 44.3 Å². The Kier molecular flexibility index (Phi) is 3.60. The Morgan fingerprint density at radius 2 is 2.17 bits per heavy atom. The highest BCUT2D eigenvalue weighted by Crippen LogP contribution is 2.40. The maximum absolute atomic E-state index is 12.5. The van der Waals surface area contributed by atoms with Crippen molar-refractivity contribution in [1.29, 1.82) is 0 Å². The Balaban J connectivity index is 1.53. The molecule has 1 aliphatic heterocycles. The number of anilines is 1. The van der Waals surface area contributed by atoms with Gasteiger partial charge in [0.15, 0.2) is 0 Å². The number of imidazole rings is 1. The van der Waals surface area contributed by atoms with E-state index in [9.17, 15) is 4.79 Å². The summed E-state index contributed by atoms with van der Waals surface area (Å²) in [4.78, 5) is 17.2. The van der Waals surface area contributed by atoms with Crippen LogP contribution in [0.5, 0.6) is 0 Å². The maximum atomic E-state index is 12.5. The lowest BCUT2D eigenvalue weighted by Crippen LogP contribution is -2.40. The van der Waals surface area contributed by atoms with Crippen LogP contribution >= 0.6 is 0 Å². The molecule has 2 aliphatic rings. The Labute approximate surface area is 136 Å². The summed E-state index contributed by atoms with van der Waals surface area (Å²) in [6.07, 6.45) is 4.31. The molecule has 0 unspecified atom stereocenters. The largest absolute Gasteiger partial charge is 0.331 e. The van der Waals surface area contributed by atoms with Gasteiger partial charge < -0.3 is 15.2 Å². The normalized spacial score (nSPS) is 24.8. The molecule has 1 saturated heterocycles. The second-order valence-electron chi connectivity index (χ2n) is 7.07. The highest BCUT2D eigenvalue weighted by atomic mass is 16.1. The molecular formula is C18H24N4O. The van der Waals surface area contributed by atoms with Gasteiger partial charge in [-0.15, -0.1) is 0 Å². The third kappa shape index (κ3) is 2.85. The van der Waals surface area contributed by atoms with E-state index in [0.29, 0.717) is 12.0 Å². The number of carbonyl (C=O) groups excluding carboxylic acids is 1. The number of aromatic nitrogens is 2. The lowest BCUT2D eigenvalue weighted by molar-refractivity contribution is -0.120. The zero-order valence-corrected chi connectivity index (χ0v) is 13.8. The van der Waals surface area contributed by atoms with E-state index in [0.717, 1.165) is 36.1 Å². The van der Waals surface area contributed by atoms with Crippen molar-refractivity contribution in [3.05, 3.63) is 24.0 Å². The maximum Gasteiger partial charge on any atom is 0.227 e. The van der Waals surface area contributed by atoms with E-state index in [1.165, 1.54) is 18.7 Å². The van der Waals surface area contributed by atoms with E-state index in [1.54, 1.807) is 0 Å². The minimum Gasteiger partial charge on any atom is -0.331 e. The molecule has 1 aliphatic carbocycles. The number of hydrogen-bond donors (Lipinski definition) is 2. The van der Waals surface area contributed by atoms with E-state index in [4.69, 9.17) is 4.98 Å². The van der Waals surface area contributed by atoms with Crippen LogP contribution in [0, 0.1) is 5.92 Å². The Hall–Kier alpha value is -1.88. The number of nitrogens with zero attached hydrogens (tertiary/aromatic N) is 2. The molecular weight excluding hydrogens is 288 g/mol. The van der Waals surface area contributed by atoms with Gasteiger partial charge in [-0.25, -0.2) is 4.98 Å². The third-order valence-electron chi connectivity index (χ3n) is 5.12. The summed E-state index contributed by atoms with van der Waals surface area (Å²) in [6.45, 7) is 3.06. The van der Waals surface area contributed by atoms with Crippen molar-refractivity contribution in [3.8, 4) is 0 Å². The molecule has 1 aromatic carbocycles. The molecule has 23 heavy (non-hydrogen) atoms. The number of rotatable bonds is 3. The Morgan fingerprint density at radius 3 is 2.91 bits per heavy atom. The van der Waals surface area contributed by atoms with Crippen molar-refractivity contribution in [3.63, 3.8) is 0 Å². The van der Waals surface area contributed by atoms with Crippen LogP contribution in [0.2, 0.25) is 0 Å². The highest BCUT2D eigenvalue weighted by Gasteiger charge is 2.29. The second-order valence-corrected chi connectivity index (χ2v) is 7.07. The van der Waals surface area contributed by atoms with Crippen LogP contribution in [-0.4, -0.2) is 28.0 Å². The molecule has 0 spiro atoms. The van der Waals surface area contributed by atoms with Crippen molar-refractivity contribution < 1.29 is 4.79 Å². The molecule has 2 N–H and O–H groups in total. The van der Waals surface area contributed by atoms with Crippen molar-refractivity contribution in [2.75, 3.05) is 11.9 Å². The highest BCUT2D eigenvalue weighted by molar-refractivity contribution is 5.94. The molecule has 0 radical (unpaired) electrons. The average molecular weight is 312 g/mol. The fourth-order valence-corrected chi connectivity index (χ4v) is 3.62. The molecule has 0 bridgehead atoms. The number of hydrogen-bond acceptors (Lipinski definition) is 3. The first-order valence-corrected chi connectivity index (χ1v) is 8.62. The second kappa shape index (κ2) is 5.64. The standard InChI is InChI=1S/C18H24N4O/c1-11-9-13(7-8-19-11)18(23)20-14-5-6-16-15(10-14)21-17(22(16)2)12-3-4-12/h5-6,10-13,19H,3-4,7-9H2,1-2H3,(H,20,23)/t11-,13-/m0/s1. The van der Waals surface area contributed by atoms with Crippen LogP contribution in [0.25, 0.3) is 11.0 Å². The molecule has 5 heteroatoms. The third-order valence-corrected chi connectivity index (χ3v) is 5.12. The van der Waals surface area contributed by atoms with Crippen LogP contribution in [0.3, 0.4) is 0 Å². The summed E-state index contributed by atoms with van der Waals surface area (Å²) in [6, 6.07) is 6.47. The number of amides is 1. The van der Waals surface area contributed by atoms with Crippen molar-refractivity contribution in [2.24, 2.45) is 13.0 Å². The lowest BCUT2D eigenvalue weighted by atomic mass is 9.92. The Bertz CT molecular complexity index is 747. The van der Waals surface area contributed by atoms with E-state index in [1.807, 2.05) is 12.1 Å². The molecule has 122 valence electrons. The summed E-state index contributed by atoms with van der Waals surface area (Å²) in [5.41, 5.74) is 2.97. The molecule has 2 atom stereocenters. The lowest BCUT2D eigenvalue weighted by Gasteiger charge is -2.27. The first-order valence-electron chi connectivity index (χ1n) is 8.62. The van der Waals surface area contributed by atoms with Gasteiger partial charge in [-0.05, 0) is 57.4 Å². The summed E-state index contributed by atoms with van der Waals surface area (Å²) in [5.74, 6) is 2.04. The van der Waals surface area contributed by atoms with Crippen LogP contribution in [0.4, 0.5) is 5.69 Å². The van der Waals surface area contributed by atoms with Crippen molar-refractivity contribution >= 4 is 22.6 Å². The van der Waals surface area contributed by atoms with E-state index in [-0.39, 0.29) is 11.8 Å². The molecule has 1 amide bonds. The number of nitrogens with one attached hydrogen (secondary N) is 2. The number of fused-ring (bicyclic) bond motifs is 1. The van der Waals surface area contributed by atoms with Gasteiger partial charge in [-0.2, -0.15) is 0 Å². The monoisotopic (exact) mass is 312 g/mol. The summed E-state index contributed by atoms with van der Waals surface area (Å²) >= 11 is 0. The first-order chi connectivity index (χ1) is 11.1. The van der Waals surface area contributed by atoms with Gasteiger partial charge in [-0.1, -0.05) is 0 Å². The van der Waals surface area contributed by atoms with Crippen LogP contribution in [-0.2, 0) is 11.8 Å². The zero-order valence-electron chi connectivity index (χ0n) is 13.8. The number of piperidine rings is 1. The molecule has 4 rings (SSSR count). The van der Waals surface area contributed by atoms with Gasteiger partial charge >= 0.3 is 0 Å². The average Bonchev–Trinajstić information content (AvgIpc) is 3.32. The van der Waals surface area contributed by atoms with Gasteiger partial charge in [0.2, 0.25) is 5.91 Å². The topological polar surface area (TPSA) is 59.0 Å². The fraction of sp³-hybridized carbons (Fsp3) is 0.556. The molecule has 2 fully saturated rings. The predicted molar refractivity (Wildman–Crippen MR) is 91.5 cm³/mol. The summed E-state index contributed by atoms with van der Waals surface area (Å²) < 4.78 is 2.19. The van der Waals surface area contributed by atoms with Gasteiger partial charge in [-0.3, -0.25) is 4.79 Å². The summed E-state index contributed by atoms with van der Waals surface area (Å²) in [7, 11) is 2.08. The molecule has 5 nitrogen and oxygen atoms in total. The van der Waals surface area contributed by atoms with Gasteiger partial charge in [0, 0.05) is 30.6 Å². The zero-order chi connectivity index (χ0) is 16.0. The Morgan fingerprint density at radius 1 is 1.35 bits per heavy atom. The molecule has 2 aromatic rings. The van der Waals surface area contributed by atoms with Crippen LogP contribution in [0.15, 0.2) is 18.2 Å².